The minimum absolute atomic E-state index is 0.113. The van der Waals surface area contributed by atoms with Crippen molar-refractivity contribution < 1.29 is 28.2 Å². The summed E-state index contributed by atoms with van der Waals surface area (Å²) in [5.74, 6) is -3.63. The van der Waals surface area contributed by atoms with Crippen LogP contribution in [0.2, 0.25) is 0 Å². The van der Waals surface area contributed by atoms with Crippen molar-refractivity contribution in [2.24, 2.45) is 5.92 Å². The first-order valence-corrected chi connectivity index (χ1v) is 11.6. The highest BCUT2D eigenvalue weighted by Gasteiger charge is 2.36. The number of hydrogen-bond acceptors (Lipinski definition) is 6. The van der Waals surface area contributed by atoms with E-state index < -0.39 is 51.4 Å². The summed E-state index contributed by atoms with van der Waals surface area (Å²) in [7, 11) is 0. The van der Waals surface area contributed by atoms with E-state index in [1.165, 1.54) is 9.47 Å². The third-order valence-electron chi connectivity index (χ3n) is 6.53. The van der Waals surface area contributed by atoms with E-state index in [-0.39, 0.29) is 35.8 Å². The fraction of sp³-hybridized carbons (Fsp3) is 0.542. The van der Waals surface area contributed by atoms with Gasteiger partial charge in [-0.3, -0.25) is 4.79 Å². The van der Waals surface area contributed by atoms with E-state index >= 15 is 8.78 Å². The van der Waals surface area contributed by atoms with Gasteiger partial charge >= 0.3 is 12.1 Å². The zero-order chi connectivity index (χ0) is 25.8. The Kier molecular flexibility index (Phi) is 6.14. The summed E-state index contributed by atoms with van der Waals surface area (Å²) in [5, 5.41) is 11.7. The number of nitrogen functional groups attached to an aromatic ring is 1. The Balaban J connectivity index is 1.70. The summed E-state index contributed by atoms with van der Waals surface area (Å²) in [5.41, 5.74) is 2.64. The Morgan fingerprint density at radius 2 is 1.89 bits per heavy atom. The molecule has 0 spiro atoms. The maximum Gasteiger partial charge on any atom is 0.407 e. The number of benzene rings is 1. The van der Waals surface area contributed by atoms with E-state index in [1.807, 2.05) is 0 Å². The second-order valence-corrected chi connectivity index (χ2v) is 10.4. The Bertz CT molecular complexity index is 1270. The predicted molar refractivity (Wildman–Crippen MR) is 127 cm³/mol. The highest BCUT2D eigenvalue weighted by molar-refractivity contribution is 5.99. The minimum atomic E-state index is -1.48. The van der Waals surface area contributed by atoms with Gasteiger partial charge in [-0.1, -0.05) is 0 Å². The average molecular weight is 493 g/mol. The fourth-order valence-electron chi connectivity index (χ4n) is 4.63. The molecule has 0 unspecified atom stereocenters. The number of halogens is 2. The van der Waals surface area contributed by atoms with Gasteiger partial charge in [0.05, 0.1) is 16.6 Å². The van der Waals surface area contributed by atoms with Crippen molar-refractivity contribution in [3.05, 3.63) is 33.6 Å². The lowest BCUT2D eigenvalue weighted by molar-refractivity contribution is 0.0494. The summed E-state index contributed by atoms with van der Waals surface area (Å²) >= 11 is 0. The van der Waals surface area contributed by atoms with Crippen molar-refractivity contribution in [3.8, 4) is 0 Å². The lowest BCUT2D eigenvalue weighted by Gasteiger charge is -2.26. The summed E-state index contributed by atoms with van der Waals surface area (Å²) in [6.45, 7) is 7.62. The molecule has 190 valence electrons. The van der Waals surface area contributed by atoms with Crippen LogP contribution in [0.3, 0.4) is 0 Å². The van der Waals surface area contributed by atoms with Gasteiger partial charge in [-0.25, -0.2) is 18.4 Å². The number of alkyl carbamates (subject to hydrolysis) is 1. The highest BCUT2D eigenvalue weighted by Crippen LogP contribution is 2.42. The van der Waals surface area contributed by atoms with Crippen molar-refractivity contribution in [3.63, 3.8) is 0 Å². The fourth-order valence-corrected chi connectivity index (χ4v) is 4.63. The Labute approximate surface area is 200 Å². The average Bonchev–Trinajstić information content (AvgIpc) is 3.47. The molecule has 2 fully saturated rings. The zero-order valence-electron chi connectivity index (χ0n) is 20.2. The minimum Gasteiger partial charge on any atom is -0.477 e. The summed E-state index contributed by atoms with van der Waals surface area (Å²) < 4.78 is 38.0. The van der Waals surface area contributed by atoms with Crippen LogP contribution in [0.1, 0.15) is 63.4 Å². The molecule has 2 aliphatic rings. The number of fused-ring (bicyclic) bond motifs is 1. The molecular formula is C24H30F2N4O5. The SMILES string of the molecule is C[C@@H](NC(=O)OC(C)(C)C)[C@@H]1CCN(c2c(F)c(N)c3c(=O)c(C(=O)O)cn(C4CC4)c3c2F)C1. The van der Waals surface area contributed by atoms with Gasteiger partial charge in [0.1, 0.15) is 16.9 Å². The molecule has 0 radical (unpaired) electrons. The second kappa shape index (κ2) is 8.69. The monoisotopic (exact) mass is 492 g/mol. The zero-order valence-corrected chi connectivity index (χ0v) is 20.2. The van der Waals surface area contributed by atoms with E-state index in [1.54, 1.807) is 27.7 Å². The quantitative estimate of drug-likeness (QED) is 0.544. The number of amides is 1. The molecule has 2 aromatic rings. The van der Waals surface area contributed by atoms with Gasteiger partial charge in [0.2, 0.25) is 5.43 Å². The van der Waals surface area contributed by atoms with Crippen molar-refractivity contribution in [2.75, 3.05) is 23.7 Å². The number of carbonyl (C=O) groups is 2. The Morgan fingerprint density at radius 1 is 1.23 bits per heavy atom. The summed E-state index contributed by atoms with van der Waals surface area (Å²) in [6, 6.07) is -0.505. The van der Waals surface area contributed by atoms with Crippen LogP contribution in [0.5, 0.6) is 0 Å². The molecule has 0 bridgehead atoms. The molecule has 4 rings (SSSR count). The third kappa shape index (κ3) is 4.63. The topological polar surface area (TPSA) is 127 Å². The van der Waals surface area contributed by atoms with Crippen LogP contribution in [0.15, 0.2) is 11.0 Å². The molecule has 1 aliphatic carbocycles. The number of aromatic carboxylic acids is 1. The number of carboxylic acid groups (broad SMARTS) is 1. The maximum absolute atomic E-state index is 15.9. The number of hydrogen-bond donors (Lipinski definition) is 3. The van der Waals surface area contributed by atoms with Crippen LogP contribution in [-0.4, -0.2) is 46.5 Å². The molecule has 1 saturated carbocycles. The van der Waals surface area contributed by atoms with Crippen LogP contribution < -0.4 is 21.4 Å². The number of carboxylic acids is 1. The molecule has 9 nitrogen and oxygen atoms in total. The standard InChI is InChI=1S/C24H30F2N4O5/c1-11(28-23(34)35-24(2,3)4)12-7-8-29(9-12)20-16(25)18(27)15-19(17(20)26)30(13-5-6-13)10-14(21(15)31)22(32)33/h10-13H,5-9,27H2,1-4H3,(H,28,34)(H,32,33)/t11-,12-/m1/s1. The van der Waals surface area contributed by atoms with Crippen LogP contribution in [0.25, 0.3) is 10.9 Å². The number of pyridine rings is 1. The van der Waals surface area contributed by atoms with Gasteiger partial charge in [-0.05, 0) is 52.9 Å². The van der Waals surface area contributed by atoms with Gasteiger partial charge in [-0.2, -0.15) is 0 Å². The van der Waals surface area contributed by atoms with Crippen molar-refractivity contribution in [1.82, 2.24) is 9.88 Å². The lowest BCUT2D eigenvalue weighted by atomic mass is 10.0. The molecular weight excluding hydrogens is 462 g/mol. The summed E-state index contributed by atoms with van der Waals surface area (Å²) in [6.07, 6.45) is 2.47. The second-order valence-electron chi connectivity index (χ2n) is 10.4. The van der Waals surface area contributed by atoms with Gasteiger partial charge in [-0.15, -0.1) is 0 Å². The smallest absolute Gasteiger partial charge is 0.407 e. The number of carbonyl (C=O) groups excluding carboxylic acids is 1. The van der Waals surface area contributed by atoms with Crippen LogP contribution in [0, 0.1) is 17.6 Å². The van der Waals surface area contributed by atoms with E-state index in [4.69, 9.17) is 10.5 Å². The number of anilines is 2. The number of nitrogens with two attached hydrogens (primary N) is 1. The molecule has 1 aromatic heterocycles. The Morgan fingerprint density at radius 3 is 2.46 bits per heavy atom. The van der Waals surface area contributed by atoms with E-state index in [9.17, 15) is 19.5 Å². The molecule has 1 aliphatic heterocycles. The van der Waals surface area contributed by atoms with Gasteiger partial charge < -0.3 is 30.4 Å². The number of ether oxygens (including phenoxy) is 1. The number of nitrogens with zero attached hydrogens (tertiary/aromatic N) is 2. The van der Waals surface area contributed by atoms with E-state index in [2.05, 4.69) is 5.32 Å². The van der Waals surface area contributed by atoms with Gasteiger partial charge in [0, 0.05) is 31.4 Å². The van der Waals surface area contributed by atoms with Gasteiger partial charge in [0.15, 0.2) is 11.6 Å². The maximum atomic E-state index is 15.9. The first-order chi connectivity index (χ1) is 16.3. The summed E-state index contributed by atoms with van der Waals surface area (Å²) in [4.78, 5) is 38.0. The molecule has 2 atom stereocenters. The molecule has 11 heteroatoms. The van der Waals surface area contributed by atoms with E-state index in [0.29, 0.717) is 25.8 Å². The normalized spacial score (nSPS) is 19.1. The number of aromatic nitrogens is 1. The lowest BCUT2D eigenvalue weighted by Crippen LogP contribution is -2.42. The first-order valence-electron chi connectivity index (χ1n) is 11.6. The molecule has 1 amide bonds. The van der Waals surface area contributed by atoms with Crippen molar-refractivity contribution in [2.45, 2.75) is 64.6 Å². The van der Waals surface area contributed by atoms with Crippen LogP contribution in [-0.2, 0) is 4.74 Å². The highest BCUT2D eigenvalue weighted by atomic mass is 19.1. The molecule has 4 N–H and O–H groups in total. The third-order valence-corrected chi connectivity index (χ3v) is 6.53. The van der Waals surface area contributed by atoms with Crippen LogP contribution in [0.4, 0.5) is 25.0 Å². The largest absolute Gasteiger partial charge is 0.477 e. The van der Waals surface area contributed by atoms with Crippen molar-refractivity contribution >= 4 is 34.3 Å². The van der Waals surface area contributed by atoms with Gasteiger partial charge in [0.25, 0.3) is 0 Å². The first kappa shape index (κ1) is 24.7. The number of rotatable bonds is 5. The predicted octanol–water partition coefficient (Wildman–Crippen LogP) is 3.63. The molecule has 1 aromatic carbocycles. The Hall–Kier alpha value is -3.37. The van der Waals surface area contributed by atoms with E-state index in [0.717, 1.165) is 6.20 Å². The molecule has 1 saturated heterocycles. The van der Waals surface area contributed by atoms with Crippen molar-refractivity contribution in [1.29, 1.82) is 0 Å². The molecule has 2 heterocycles. The van der Waals surface area contributed by atoms with Crippen LogP contribution >= 0.6 is 0 Å². The number of nitrogens with one attached hydrogen (secondary N) is 1. The molecule has 35 heavy (non-hydrogen) atoms.